The van der Waals surface area contributed by atoms with Crippen LogP contribution in [0, 0.1) is 25.1 Å². The molecule has 2 aromatic carbocycles. The molecule has 0 radical (unpaired) electrons. The average molecular weight is 388 g/mol. The van der Waals surface area contributed by atoms with Crippen LogP contribution >= 0.6 is 0 Å². The van der Waals surface area contributed by atoms with E-state index in [1.54, 1.807) is 32.0 Å². The van der Waals surface area contributed by atoms with Crippen LogP contribution in [0.2, 0.25) is 0 Å². The van der Waals surface area contributed by atoms with Gasteiger partial charge in [-0.3, -0.25) is 4.79 Å². The third-order valence-electron chi connectivity index (χ3n) is 3.94. The summed E-state index contributed by atoms with van der Waals surface area (Å²) in [7, 11) is -3.69. The molecule has 0 heterocycles. The monoisotopic (exact) mass is 388 g/mol. The summed E-state index contributed by atoms with van der Waals surface area (Å²) in [5.41, 5.74) is 1.61. The topological polar surface area (TPSA) is 66.5 Å². The molecule has 0 saturated carbocycles. The molecule has 0 unspecified atom stereocenters. The molecule has 1 amide bonds. The van der Waals surface area contributed by atoms with Gasteiger partial charge >= 0.3 is 0 Å². The van der Waals surface area contributed by atoms with Crippen LogP contribution in [0.3, 0.4) is 0 Å². The van der Waals surface area contributed by atoms with Gasteiger partial charge in [0.25, 0.3) is 5.91 Å². The minimum atomic E-state index is -3.69. The summed E-state index contributed by atoms with van der Waals surface area (Å²) in [5, 5.41) is 0. The summed E-state index contributed by atoms with van der Waals surface area (Å²) in [4.78, 5) is 14.4. The molecule has 5 nitrogen and oxygen atoms in total. The van der Waals surface area contributed by atoms with Gasteiger partial charge < -0.3 is 4.90 Å². The summed E-state index contributed by atoms with van der Waals surface area (Å²) in [6.45, 7) is 3.87. The average Bonchev–Trinajstić information content (AvgIpc) is 2.62. The van der Waals surface area contributed by atoms with Crippen molar-refractivity contribution in [3.05, 3.63) is 65.0 Å². The Morgan fingerprint density at radius 2 is 1.89 bits per heavy atom. The highest BCUT2D eigenvalue weighted by Crippen LogP contribution is 2.19. The van der Waals surface area contributed by atoms with Gasteiger partial charge in [-0.05, 0) is 42.3 Å². The molecule has 0 aliphatic rings. The smallest absolute Gasteiger partial charge is 0.255 e. The number of aryl methyl sites for hydroxylation is 1. The standard InChI is InChI=1S/C20H21FN2O3S/c1-4-12-23(14-16-7-9-17(21)10-8-16)20(24)19-13-18(11-6-15(19)3)27(25,26)22-5-2/h1,6-11,13,22H,5,12,14H2,2-3H3. The first kappa shape index (κ1) is 20.6. The number of hydrogen-bond donors (Lipinski definition) is 1. The fourth-order valence-corrected chi connectivity index (χ4v) is 3.63. The lowest BCUT2D eigenvalue weighted by atomic mass is 10.1. The summed E-state index contributed by atoms with van der Waals surface area (Å²) in [6, 6.07) is 10.2. The van der Waals surface area contributed by atoms with Gasteiger partial charge in [0.2, 0.25) is 10.0 Å². The van der Waals surface area contributed by atoms with Crippen molar-refractivity contribution >= 4 is 15.9 Å². The lowest BCUT2D eigenvalue weighted by Gasteiger charge is -2.22. The summed E-state index contributed by atoms with van der Waals surface area (Å²) in [5.74, 6) is 1.68. The Morgan fingerprint density at radius 1 is 1.22 bits per heavy atom. The molecule has 27 heavy (non-hydrogen) atoms. The number of halogens is 1. The summed E-state index contributed by atoms with van der Waals surface area (Å²) >= 11 is 0. The Kier molecular flexibility index (Phi) is 6.72. The molecule has 2 aromatic rings. The van der Waals surface area contributed by atoms with Crippen molar-refractivity contribution in [2.75, 3.05) is 13.1 Å². The number of nitrogens with zero attached hydrogens (tertiary/aromatic N) is 1. The molecule has 0 atom stereocenters. The Balaban J connectivity index is 2.37. The molecular weight excluding hydrogens is 367 g/mol. The molecule has 0 saturated heterocycles. The lowest BCUT2D eigenvalue weighted by molar-refractivity contribution is 0.0765. The summed E-state index contributed by atoms with van der Waals surface area (Å²) < 4.78 is 40.0. The number of carbonyl (C=O) groups excluding carboxylic acids is 1. The highest BCUT2D eigenvalue weighted by atomic mass is 32.2. The number of hydrogen-bond acceptors (Lipinski definition) is 3. The number of nitrogens with one attached hydrogen (secondary N) is 1. The van der Waals surface area contributed by atoms with Gasteiger partial charge in [-0.25, -0.2) is 17.5 Å². The molecular formula is C20H21FN2O3S. The Labute approximate surface area is 159 Å². The maximum atomic E-state index is 13.1. The van der Waals surface area contributed by atoms with Gasteiger partial charge in [0, 0.05) is 18.7 Å². The number of rotatable bonds is 7. The van der Waals surface area contributed by atoms with Crippen molar-refractivity contribution in [2.45, 2.75) is 25.3 Å². The Hall–Kier alpha value is -2.69. The molecule has 0 bridgehead atoms. The fourth-order valence-electron chi connectivity index (χ4n) is 2.56. The Morgan fingerprint density at radius 3 is 2.48 bits per heavy atom. The zero-order valence-electron chi connectivity index (χ0n) is 15.2. The number of sulfonamides is 1. The van der Waals surface area contributed by atoms with E-state index in [0.29, 0.717) is 11.1 Å². The van der Waals surface area contributed by atoms with Gasteiger partial charge in [-0.2, -0.15) is 0 Å². The van der Waals surface area contributed by atoms with Crippen LogP contribution < -0.4 is 4.72 Å². The van der Waals surface area contributed by atoms with Gasteiger partial charge in [0.1, 0.15) is 5.82 Å². The highest BCUT2D eigenvalue weighted by Gasteiger charge is 2.21. The van der Waals surface area contributed by atoms with Crippen molar-refractivity contribution in [3.63, 3.8) is 0 Å². The van der Waals surface area contributed by atoms with E-state index in [2.05, 4.69) is 10.6 Å². The molecule has 0 aliphatic heterocycles. The van der Waals surface area contributed by atoms with Crippen LogP contribution in [0.25, 0.3) is 0 Å². The van der Waals surface area contributed by atoms with Gasteiger partial charge in [0.05, 0.1) is 11.4 Å². The SMILES string of the molecule is C#CCN(Cc1ccc(F)cc1)C(=O)c1cc(S(=O)(=O)NCC)ccc1C. The second-order valence-corrected chi connectivity index (χ2v) is 7.74. The molecule has 2 rings (SSSR count). The minimum Gasteiger partial charge on any atom is -0.323 e. The van der Waals surface area contributed by atoms with Crippen LogP contribution in [-0.2, 0) is 16.6 Å². The first-order valence-electron chi connectivity index (χ1n) is 8.36. The number of terminal acetylenes is 1. The zero-order chi connectivity index (χ0) is 20.0. The van der Waals surface area contributed by atoms with E-state index in [4.69, 9.17) is 6.42 Å². The van der Waals surface area contributed by atoms with E-state index in [1.807, 2.05) is 0 Å². The van der Waals surface area contributed by atoms with Crippen LogP contribution in [0.4, 0.5) is 4.39 Å². The van der Waals surface area contributed by atoms with Crippen molar-refractivity contribution < 1.29 is 17.6 Å². The maximum absolute atomic E-state index is 13.1. The van der Waals surface area contributed by atoms with E-state index in [-0.39, 0.29) is 41.8 Å². The Bertz CT molecular complexity index is 964. The number of benzene rings is 2. The highest BCUT2D eigenvalue weighted by molar-refractivity contribution is 7.89. The predicted octanol–water partition coefficient (Wildman–Crippen LogP) is 2.71. The molecule has 0 fully saturated rings. The molecule has 1 N–H and O–H groups in total. The first-order chi connectivity index (χ1) is 12.8. The van der Waals surface area contributed by atoms with Gasteiger partial charge in [-0.15, -0.1) is 6.42 Å². The number of amides is 1. The molecule has 0 aromatic heterocycles. The van der Waals surface area contributed by atoms with Crippen LogP contribution in [0.15, 0.2) is 47.4 Å². The van der Waals surface area contributed by atoms with Gasteiger partial charge in [0.15, 0.2) is 0 Å². The summed E-state index contributed by atoms with van der Waals surface area (Å²) in [6.07, 6.45) is 5.39. The van der Waals surface area contributed by atoms with Crippen molar-refractivity contribution in [1.82, 2.24) is 9.62 Å². The van der Waals surface area contributed by atoms with Crippen molar-refractivity contribution in [3.8, 4) is 12.3 Å². The lowest BCUT2D eigenvalue weighted by Crippen LogP contribution is -2.32. The van der Waals surface area contributed by atoms with E-state index in [0.717, 1.165) is 0 Å². The first-order valence-corrected chi connectivity index (χ1v) is 9.84. The maximum Gasteiger partial charge on any atom is 0.255 e. The molecule has 0 aliphatic carbocycles. The third-order valence-corrected chi connectivity index (χ3v) is 5.48. The van der Waals surface area contributed by atoms with E-state index >= 15 is 0 Å². The third kappa shape index (κ3) is 5.16. The number of carbonyl (C=O) groups is 1. The van der Waals surface area contributed by atoms with E-state index < -0.39 is 10.0 Å². The zero-order valence-corrected chi connectivity index (χ0v) is 16.0. The van der Waals surface area contributed by atoms with Crippen LogP contribution in [0.5, 0.6) is 0 Å². The van der Waals surface area contributed by atoms with E-state index in [9.17, 15) is 17.6 Å². The fraction of sp³-hybridized carbons (Fsp3) is 0.250. The normalized spacial score (nSPS) is 11.0. The largest absolute Gasteiger partial charge is 0.323 e. The van der Waals surface area contributed by atoms with E-state index in [1.165, 1.54) is 29.2 Å². The quantitative estimate of drug-likeness (QED) is 0.742. The predicted molar refractivity (Wildman–Crippen MR) is 102 cm³/mol. The van der Waals surface area contributed by atoms with Crippen LogP contribution in [-0.4, -0.2) is 32.3 Å². The minimum absolute atomic E-state index is 0.0146. The second kappa shape index (κ2) is 8.80. The van der Waals surface area contributed by atoms with Crippen LogP contribution in [0.1, 0.15) is 28.4 Å². The molecule has 142 valence electrons. The van der Waals surface area contributed by atoms with Crippen molar-refractivity contribution in [2.24, 2.45) is 0 Å². The molecule has 7 heteroatoms. The molecule has 0 spiro atoms. The second-order valence-electron chi connectivity index (χ2n) is 5.97. The van der Waals surface area contributed by atoms with Gasteiger partial charge in [-0.1, -0.05) is 31.0 Å². The van der Waals surface area contributed by atoms with Crippen molar-refractivity contribution in [1.29, 1.82) is 0 Å².